The predicted octanol–water partition coefficient (Wildman–Crippen LogP) is 5.04. The van der Waals surface area contributed by atoms with E-state index in [0.29, 0.717) is 25.4 Å². The highest BCUT2D eigenvalue weighted by molar-refractivity contribution is 7.10. The number of thiophene rings is 1. The summed E-state index contributed by atoms with van der Waals surface area (Å²) in [5, 5.41) is 2.05. The van der Waals surface area contributed by atoms with Gasteiger partial charge in [0.1, 0.15) is 5.82 Å². The van der Waals surface area contributed by atoms with Crippen LogP contribution in [-0.2, 0) is 16.0 Å². The van der Waals surface area contributed by atoms with Crippen molar-refractivity contribution < 1.29 is 14.0 Å². The zero-order valence-corrected chi connectivity index (χ0v) is 18.9. The molecule has 1 aromatic heterocycles. The zero-order chi connectivity index (χ0) is 21.7. The van der Waals surface area contributed by atoms with Gasteiger partial charge in [0.2, 0.25) is 11.8 Å². The molecule has 0 saturated heterocycles. The van der Waals surface area contributed by atoms with Gasteiger partial charge in [0, 0.05) is 24.4 Å². The van der Waals surface area contributed by atoms with Gasteiger partial charge >= 0.3 is 0 Å². The number of carbonyl (C=O) groups excluding carboxylic acids is 2. The molecule has 2 amide bonds. The van der Waals surface area contributed by atoms with Crippen LogP contribution >= 0.6 is 11.3 Å². The van der Waals surface area contributed by atoms with Crippen LogP contribution in [-0.4, -0.2) is 41.2 Å². The summed E-state index contributed by atoms with van der Waals surface area (Å²) in [5.41, 5.74) is 2.01. The number of amides is 2. The van der Waals surface area contributed by atoms with Gasteiger partial charge in [-0.05, 0) is 53.5 Å². The molecule has 0 spiro atoms. The lowest BCUT2D eigenvalue weighted by atomic mass is 9.93. The third-order valence-corrected chi connectivity index (χ3v) is 6.48. The maximum absolute atomic E-state index is 13.5. The third-order valence-electron chi connectivity index (χ3n) is 5.48. The fourth-order valence-corrected chi connectivity index (χ4v) is 4.93. The summed E-state index contributed by atoms with van der Waals surface area (Å²) in [6, 6.07) is 8.22. The Hall–Kier alpha value is -2.21. The van der Waals surface area contributed by atoms with Crippen LogP contribution in [0, 0.1) is 11.7 Å². The Labute approximate surface area is 182 Å². The van der Waals surface area contributed by atoms with E-state index in [1.807, 2.05) is 4.90 Å². The van der Waals surface area contributed by atoms with Crippen LogP contribution in [0.5, 0.6) is 0 Å². The summed E-state index contributed by atoms with van der Waals surface area (Å²) < 4.78 is 13.5. The van der Waals surface area contributed by atoms with Crippen molar-refractivity contribution in [1.29, 1.82) is 0 Å². The maximum Gasteiger partial charge on any atom is 0.242 e. The van der Waals surface area contributed by atoms with Crippen LogP contribution in [0.1, 0.15) is 62.1 Å². The average Bonchev–Trinajstić information content (AvgIpc) is 3.20. The highest BCUT2D eigenvalue weighted by atomic mass is 32.1. The summed E-state index contributed by atoms with van der Waals surface area (Å²) in [5.74, 6) is 0.000786. The van der Waals surface area contributed by atoms with Crippen molar-refractivity contribution in [3.05, 3.63) is 57.5 Å². The van der Waals surface area contributed by atoms with E-state index < -0.39 is 0 Å². The van der Waals surface area contributed by atoms with Crippen molar-refractivity contribution in [3.8, 4) is 0 Å². The van der Waals surface area contributed by atoms with Gasteiger partial charge in [-0.15, -0.1) is 11.3 Å². The molecule has 1 aliphatic rings. The minimum atomic E-state index is -0.289. The first-order valence-corrected chi connectivity index (χ1v) is 11.7. The highest BCUT2D eigenvalue weighted by Gasteiger charge is 2.34. The number of halogens is 1. The van der Waals surface area contributed by atoms with Crippen molar-refractivity contribution in [1.82, 2.24) is 9.80 Å². The van der Waals surface area contributed by atoms with E-state index in [1.54, 1.807) is 28.4 Å². The van der Waals surface area contributed by atoms with Crippen LogP contribution in [0.2, 0.25) is 0 Å². The van der Waals surface area contributed by atoms with Crippen molar-refractivity contribution in [2.24, 2.45) is 5.92 Å². The lowest BCUT2D eigenvalue weighted by Gasteiger charge is -2.38. The molecule has 1 atom stereocenters. The largest absolute Gasteiger partial charge is 0.333 e. The van der Waals surface area contributed by atoms with Gasteiger partial charge in [0.25, 0.3) is 0 Å². The van der Waals surface area contributed by atoms with Crippen LogP contribution in [0.4, 0.5) is 4.39 Å². The van der Waals surface area contributed by atoms with Gasteiger partial charge in [0.15, 0.2) is 0 Å². The summed E-state index contributed by atoms with van der Waals surface area (Å²) in [7, 11) is 0. The van der Waals surface area contributed by atoms with Crippen molar-refractivity contribution in [3.63, 3.8) is 0 Å². The van der Waals surface area contributed by atoms with E-state index in [9.17, 15) is 14.0 Å². The van der Waals surface area contributed by atoms with Crippen molar-refractivity contribution in [2.75, 3.05) is 19.6 Å². The van der Waals surface area contributed by atoms with Gasteiger partial charge in [0.05, 0.1) is 12.6 Å². The minimum Gasteiger partial charge on any atom is -0.333 e. The average molecular weight is 431 g/mol. The molecular weight excluding hydrogens is 399 g/mol. The molecule has 0 bridgehead atoms. The second kappa shape index (κ2) is 10.2. The molecule has 1 unspecified atom stereocenters. The molecule has 1 aromatic carbocycles. The molecule has 4 nitrogen and oxygen atoms in total. The van der Waals surface area contributed by atoms with Crippen molar-refractivity contribution >= 4 is 23.2 Å². The molecule has 0 aliphatic carbocycles. The van der Waals surface area contributed by atoms with Gasteiger partial charge < -0.3 is 9.80 Å². The van der Waals surface area contributed by atoms with Crippen LogP contribution in [0.3, 0.4) is 0 Å². The summed E-state index contributed by atoms with van der Waals surface area (Å²) >= 11 is 1.70. The molecule has 2 heterocycles. The monoisotopic (exact) mass is 430 g/mol. The Bertz CT molecular complexity index is 862. The molecular formula is C24H31FN2O2S. The molecule has 30 heavy (non-hydrogen) atoms. The molecule has 1 aliphatic heterocycles. The lowest BCUT2D eigenvalue weighted by molar-refractivity contribution is -0.142. The first-order chi connectivity index (χ1) is 14.4. The first-order valence-electron chi connectivity index (χ1n) is 10.8. The second-order valence-corrected chi connectivity index (χ2v) is 9.36. The fraction of sp³-hybridized carbons (Fsp3) is 0.500. The molecule has 162 valence electrons. The van der Waals surface area contributed by atoms with Crippen LogP contribution in [0.15, 0.2) is 35.7 Å². The van der Waals surface area contributed by atoms with Gasteiger partial charge in [-0.2, -0.15) is 0 Å². The first kappa shape index (κ1) is 22.5. The Kier molecular flexibility index (Phi) is 7.64. The van der Waals surface area contributed by atoms with Crippen LogP contribution < -0.4 is 0 Å². The predicted molar refractivity (Wildman–Crippen MR) is 119 cm³/mol. The SMILES string of the molecule is CCCCC(=O)N(CC(=O)N1CCc2sccc2C1c1ccc(F)cc1)CC(C)C. The second-order valence-electron chi connectivity index (χ2n) is 8.36. The van der Waals surface area contributed by atoms with Gasteiger partial charge in [-0.3, -0.25) is 9.59 Å². The topological polar surface area (TPSA) is 40.6 Å². The number of benzene rings is 1. The molecule has 0 fully saturated rings. The minimum absolute atomic E-state index is 0.0467. The number of hydrogen-bond acceptors (Lipinski definition) is 3. The van der Waals surface area contributed by atoms with E-state index in [1.165, 1.54) is 17.0 Å². The maximum atomic E-state index is 13.5. The van der Waals surface area contributed by atoms with E-state index in [0.717, 1.165) is 30.4 Å². The molecule has 0 saturated carbocycles. The number of hydrogen-bond donors (Lipinski definition) is 0. The molecule has 2 aromatic rings. The molecule has 6 heteroatoms. The summed E-state index contributed by atoms with van der Waals surface area (Å²) in [6.45, 7) is 7.46. The van der Waals surface area contributed by atoms with Gasteiger partial charge in [-0.25, -0.2) is 4.39 Å². The zero-order valence-electron chi connectivity index (χ0n) is 18.1. The number of nitrogens with zero attached hydrogens (tertiary/aromatic N) is 2. The number of unbranched alkanes of at least 4 members (excludes halogenated alkanes) is 1. The van der Waals surface area contributed by atoms with Gasteiger partial charge in [-0.1, -0.05) is 39.3 Å². The van der Waals surface area contributed by atoms with E-state index in [-0.39, 0.29) is 30.2 Å². The molecule has 0 N–H and O–H groups in total. The van der Waals surface area contributed by atoms with Crippen molar-refractivity contribution in [2.45, 2.75) is 52.5 Å². The third kappa shape index (κ3) is 5.28. The van der Waals surface area contributed by atoms with E-state index in [4.69, 9.17) is 0 Å². The Morgan fingerprint density at radius 1 is 1.23 bits per heavy atom. The number of rotatable bonds is 8. The number of fused-ring (bicyclic) bond motifs is 1. The smallest absolute Gasteiger partial charge is 0.242 e. The normalized spacial score (nSPS) is 15.9. The van der Waals surface area contributed by atoms with E-state index in [2.05, 4.69) is 32.2 Å². The Balaban J connectivity index is 1.84. The van der Waals surface area contributed by atoms with Crippen LogP contribution in [0.25, 0.3) is 0 Å². The fourth-order valence-electron chi connectivity index (χ4n) is 4.03. The molecule has 0 radical (unpaired) electrons. The number of carbonyl (C=O) groups is 2. The lowest BCUT2D eigenvalue weighted by Crippen LogP contribution is -2.47. The Morgan fingerprint density at radius 3 is 2.63 bits per heavy atom. The highest BCUT2D eigenvalue weighted by Crippen LogP contribution is 2.37. The quantitative estimate of drug-likeness (QED) is 0.589. The summed E-state index contributed by atoms with van der Waals surface area (Å²) in [6.07, 6.45) is 3.08. The molecule has 3 rings (SSSR count). The standard InChI is InChI=1S/C24H31FN2O2S/c1-4-5-6-22(28)26(15-17(2)3)16-23(29)27-13-11-21-20(12-14-30-21)24(27)18-7-9-19(25)10-8-18/h7-10,12,14,17,24H,4-6,11,13,15-16H2,1-3H3. The van der Waals surface area contributed by atoms with E-state index >= 15 is 0 Å². The Morgan fingerprint density at radius 2 is 1.97 bits per heavy atom. The summed E-state index contributed by atoms with van der Waals surface area (Å²) in [4.78, 5) is 31.0.